The molecule has 3 saturated heterocycles. The number of hydrogen-bond acceptors (Lipinski definition) is 6. The number of carbonyl (C=O) groups excluding carboxylic acids is 3. The van der Waals surface area contributed by atoms with Gasteiger partial charge >= 0.3 is 0 Å². The largest absolute Gasteiger partial charge is 0.494 e. The molecule has 0 aromatic heterocycles. The number of fused-ring (bicyclic) bond motifs is 1. The fourth-order valence-electron chi connectivity index (χ4n) is 6.91. The number of hydrogen-bond donors (Lipinski definition) is 1. The molecule has 41 heavy (non-hydrogen) atoms. The zero-order valence-corrected chi connectivity index (χ0v) is 24.7. The molecule has 1 spiro atoms. The molecule has 224 valence electrons. The summed E-state index contributed by atoms with van der Waals surface area (Å²) in [5.74, 6) is -1.60. The van der Waals surface area contributed by atoms with E-state index in [0.29, 0.717) is 44.0 Å². The van der Waals surface area contributed by atoms with Crippen molar-refractivity contribution in [3.8, 4) is 5.75 Å². The molecule has 1 aromatic carbocycles. The average molecular weight is 568 g/mol. The van der Waals surface area contributed by atoms with Gasteiger partial charge < -0.3 is 29.3 Å². The summed E-state index contributed by atoms with van der Waals surface area (Å²) in [4.78, 5) is 47.6. The minimum atomic E-state index is -1.12. The van der Waals surface area contributed by atoms with Crippen LogP contribution in [0.4, 0.5) is 5.69 Å². The SMILES string of the molecule is C=CCN(CCCCC)C(=O)C1N([C@H](C)CO)C(=O)[C@@H]2[C@H](C(=O)N(CC=C)c3ccc(OCC)cc3)[C@@H]3CCC12O3. The molecular formula is C32H45N3O6. The number of carbonyl (C=O) groups is 3. The summed E-state index contributed by atoms with van der Waals surface area (Å²) >= 11 is 0. The van der Waals surface area contributed by atoms with Crippen LogP contribution in [0.1, 0.15) is 52.9 Å². The number of rotatable bonds is 15. The lowest BCUT2D eigenvalue weighted by Crippen LogP contribution is -2.58. The van der Waals surface area contributed by atoms with Crippen LogP contribution in [0.15, 0.2) is 49.6 Å². The molecule has 0 aliphatic carbocycles. The lowest BCUT2D eigenvalue weighted by molar-refractivity contribution is -0.150. The van der Waals surface area contributed by atoms with E-state index in [1.165, 1.54) is 4.90 Å². The Morgan fingerprint density at radius 1 is 1.17 bits per heavy atom. The summed E-state index contributed by atoms with van der Waals surface area (Å²) in [5, 5.41) is 10.1. The molecule has 9 nitrogen and oxygen atoms in total. The minimum absolute atomic E-state index is 0.208. The highest BCUT2D eigenvalue weighted by molar-refractivity contribution is 6.03. The third kappa shape index (κ3) is 5.54. The van der Waals surface area contributed by atoms with Crippen molar-refractivity contribution in [2.24, 2.45) is 11.8 Å². The molecule has 0 radical (unpaired) electrons. The normalized spacial score (nSPS) is 26.9. The highest BCUT2D eigenvalue weighted by Gasteiger charge is 2.75. The van der Waals surface area contributed by atoms with Crippen LogP contribution in [0.25, 0.3) is 0 Å². The van der Waals surface area contributed by atoms with E-state index >= 15 is 0 Å². The molecule has 3 aliphatic rings. The topological polar surface area (TPSA) is 99.6 Å². The summed E-state index contributed by atoms with van der Waals surface area (Å²) in [6, 6.07) is 5.75. The molecule has 9 heteroatoms. The highest BCUT2D eigenvalue weighted by Crippen LogP contribution is 2.59. The van der Waals surface area contributed by atoms with Crippen molar-refractivity contribution < 1.29 is 29.0 Å². The van der Waals surface area contributed by atoms with E-state index in [-0.39, 0.29) is 30.9 Å². The van der Waals surface area contributed by atoms with Crippen LogP contribution in [0.5, 0.6) is 5.75 Å². The maximum Gasteiger partial charge on any atom is 0.248 e. The molecule has 0 saturated carbocycles. The summed E-state index contributed by atoms with van der Waals surface area (Å²) < 4.78 is 12.2. The van der Waals surface area contributed by atoms with Crippen LogP contribution in [-0.2, 0) is 19.1 Å². The molecule has 1 N–H and O–H groups in total. The molecular weight excluding hydrogens is 522 g/mol. The van der Waals surface area contributed by atoms with Crippen molar-refractivity contribution in [2.75, 3.05) is 37.7 Å². The van der Waals surface area contributed by atoms with E-state index in [1.807, 2.05) is 31.2 Å². The third-order valence-corrected chi connectivity index (χ3v) is 8.73. The Bertz CT molecular complexity index is 1120. The number of anilines is 1. The van der Waals surface area contributed by atoms with Crippen molar-refractivity contribution in [1.82, 2.24) is 9.80 Å². The Hall–Kier alpha value is -3.17. The van der Waals surface area contributed by atoms with Crippen LogP contribution in [-0.4, -0.2) is 89.3 Å². The van der Waals surface area contributed by atoms with E-state index in [9.17, 15) is 19.5 Å². The van der Waals surface area contributed by atoms with E-state index in [0.717, 1.165) is 19.3 Å². The van der Waals surface area contributed by atoms with Crippen molar-refractivity contribution in [1.29, 1.82) is 0 Å². The molecule has 1 aromatic rings. The summed E-state index contributed by atoms with van der Waals surface area (Å²) in [5.41, 5.74) is -0.451. The van der Waals surface area contributed by atoms with Gasteiger partial charge in [-0.15, -0.1) is 13.2 Å². The zero-order valence-electron chi connectivity index (χ0n) is 24.7. The van der Waals surface area contributed by atoms with Crippen molar-refractivity contribution in [3.63, 3.8) is 0 Å². The van der Waals surface area contributed by atoms with E-state index in [2.05, 4.69) is 20.1 Å². The predicted octanol–water partition coefficient (Wildman–Crippen LogP) is 3.56. The van der Waals surface area contributed by atoms with Gasteiger partial charge in [0.05, 0.1) is 37.2 Å². The fourth-order valence-corrected chi connectivity index (χ4v) is 6.91. The van der Waals surface area contributed by atoms with Gasteiger partial charge in [0.15, 0.2) is 0 Å². The highest BCUT2D eigenvalue weighted by atomic mass is 16.5. The number of aliphatic hydroxyl groups excluding tert-OH is 1. The number of unbranched alkanes of at least 4 members (excludes halogenated alkanes) is 2. The maximum atomic E-state index is 14.3. The number of benzene rings is 1. The van der Waals surface area contributed by atoms with Crippen molar-refractivity contribution >= 4 is 23.4 Å². The number of nitrogens with zero attached hydrogens (tertiary/aromatic N) is 3. The van der Waals surface area contributed by atoms with Gasteiger partial charge in [-0.3, -0.25) is 14.4 Å². The molecule has 2 bridgehead atoms. The van der Waals surface area contributed by atoms with E-state index in [1.54, 1.807) is 28.9 Å². The maximum absolute atomic E-state index is 14.3. The molecule has 3 heterocycles. The Kier molecular flexibility index (Phi) is 9.92. The van der Waals surface area contributed by atoms with Gasteiger partial charge in [-0.2, -0.15) is 0 Å². The van der Waals surface area contributed by atoms with Gasteiger partial charge in [0.1, 0.15) is 17.4 Å². The van der Waals surface area contributed by atoms with Gasteiger partial charge in [-0.1, -0.05) is 31.9 Å². The smallest absolute Gasteiger partial charge is 0.248 e. The lowest BCUT2D eigenvalue weighted by Gasteiger charge is -2.38. The first kappa shape index (κ1) is 30.8. The Labute approximate surface area is 243 Å². The Balaban J connectivity index is 1.70. The minimum Gasteiger partial charge on any atom is -0.494 e. The number of likely N-dealkylation sites (tertiary alicyclic amines) is 1. The van der Waals surface area contributed by atoms with Crippen molar-refractivity contribution in [2.45, 2.75) is 76.7 Å². The third-order valence-electron chi connectivity index (χ3n) is 8.73. The second-order valence-electron chi connectivity index (χ2n) is 11.3. The second-order valence-corrected chi connectivity index (χ2v) is 11.3. The Morgan fingerprint density at radius 2 is 1.88 bits per heavy atom. The summed E-state index contributed by atoms with van der Waals surface area (Å²) in [6.45, 7) is 14.8. The summed E-state index contributed by atoms with van der Waals surface area (Å²) in [7, 11) is 0. The van der Waals surface area contributed by atoms with Crippen LogP contribution in [0, 0.1) is 11.8 Å². The molecule has 3 amide bonds. The number of amides is 3. The quantitative estimate of drug-likeness (QED) is 0.257. The van der Waals surface area contributed by atoms with Gasteiger partial charge in [0.25, 0.3) is 0 Å². The standard InChI is InChI=1S/C32H45N3O6/c1-6-10-11-20-33(18-7-2)31(39)28-32-17-16-25(41-32)26(27(32)30(38)35(28)22(5)21-36)29(37)34(19-8-3)23-12-14-24(15-13-23)40-9-4/h7-8,12-15,22,25-28,36H,2-3,6,9-11,16-21H2,1,4-5H3/t22-,25+,26-,27+,28?,32?/m1/s1. The molecule has 3 fully saturated rings. The predicted molar refractivity (Wildman–Crippen MR) is 157 cm³/mol. The number of ether oxygens (including phenoxy) is 2. The molecule has 3 aliphatic heterocycles. The van der Waals surface area contributed by atoms with Crippen LogP contribution < -0.4 is 9.64 Å². The fraction of sp³-hybridized carbons (Fsp3) is 0.594. The zero-order chi connectivity index (χ0) is 29.7. The van der Waals surface area contributed by atoms with Gasteiger partial charge in [-0.05, 0) is 57.4 Å². The van der Waals surface area contributed by atoms with Gasteiger partial charge in [0, 0.05) is 25.3 Å². The van der Waals surface area contributed by atoms with E-state index < -0.39 is 35.6 Å². The van der Waals surface area contributed by atoms with Gasteiger partial charge in [0.2, 0.25) is 17.7 Å². The van der Waals surface area contributed by atoms with Crippen molar-refractivity contribution in [3.05, 3.63) is 49.6 Å². The monoisotopic (exact) mass is 567 g/mol. The van der Waals surface area contributed by atoms with Crippen LogP contribution >= 0.6 is 0 Å². The number of aliphatic hydroxyl groups is 1. The first-order chi connectivity index (χ1) is 19.8. The molecule has 6 atom stereocenters. The second kappa shape index (κ2) is 13.2. The van der Waals surface area contributed by atoms with E-state index in [4.69, 9.17) is 9.47 Å². The Morgan fingerprint density at radius 3 is 2.49 bits per heavy atom. The summed E-state index contributed by atoms with van der Waals surface area (Å²) in [6.07, 6.45) is 6.80. The molecule has 4 rings (SSSR count). The average Bonchev–Trinajstić information content (AvgIpc) is 3.62. The molecule has 2 unspecified atom stereocenters. The van der Waals surface area contributed by atoms with Gasteiger partial charge in [-0.25, -0.2) is 0 Å². The van der Waals surface area contributed by atoms with Crippen LogP contribution in [0.2, 0.25) is 0 Å². The first-order valence-corrected chi connectivity index (χ1v) is 14.9. The lowest BCUT2D eigenvalue weighted by atomic mass is 9.70. The van der Waals surface area contributed by atoms with Crippen LogP contribution in [0.3, 0.4) is 0 Å². The first-order valence-electron chi connectivity index (χ1n) is 14.9.